The van der Waals surface area contributed by atoms with Gasteiger partial charge in [0.15, 0.2) is 0 Å². The maximum atomic E-state index is 8.80. The van der Waals surface area contributed by atoms with Gasteiger partial charge in [-0.3, -0.25) is 0 Å². The number of aromatic nitrogens is 4. The number of hydrogen-bond acceptors (Lipinski definition) is 2. The molecule has 5 nitrogen and oxygen atoms in total. The van der Waals surface area contributed by atoms with Gasteiger partial charge in [-0.15, -0.1) is 29.1 Å². The van der Waals surface area contributed by atoms with Crippen LogP contribution in [0.15, 0.2) is 223 Å². The number of hydrogen-bond donors (Lipinski definition) is 0. The number of fused-ring (bicyclic) bond motifs is 23. The van der Waals surface area contributed by atoms with E-state index in [-0.39, 0.29) is 56.2 Å². The zero-order chi connectivity index (χ0) is 50.6. The third-order valence-electron chi connectivity index (χ3n) is 13.3. The number of imidazole rings is 1. The van der Waals surface area contributed by atoms with Crippen LogP contribution >= 0.6 is 0 Å². The van der Waals surface area contributed by atoms with Gasteiger partial charge in [0, 0.05) is 49.5 Å². The van der Waals surface area contributed by atoms with Crippen LogP contribution in [-0.4, -0.2) is 18.5 Å². The molecule has 12 aromatic rings. The van der Waals surface area contributed by atoms with Crippen LogP contribution in [0.1, 0.15) is 33.2 Å². The minimum absolute atomic E-state index is 0. The molecule has 9 aromatic carbocycles. The molecule has 0 spiro atoms. The van der Waals surface area contributed by atoms with E-state index in [1.807, 2.05) is 65.1 Å². The molecule has 4 heterocycles. The van der Waals surface area contributed by atoms with E-state index in [1.54, 1.807) is 6.07 Å². The summed E-state index contributed by atoms with van der Waals surface area (Å²) in [5.41, 5.74) is 11.7. The van der Waals surface area contributed by atoms with Crippen molar-refractivity contribution < 1.29 is 32.3 Å². The van der Waals surface area contributed by atoms with E-state index < -0.39 is 6.04 Å². The fourth-order valence-corrected chi connectivity index (χ4v) is 9.94. The fraction of sp³-hybridized carbons (Fsp3) is 0.0625. The van der Waals surface area contributed by atoms with Crippen LogP contribution < -0.4 is 0 Å². The molecule has 1 aliphatic heterocycles. The van der Waals surface area contributed by atoms with E-state index in [0.717, 1.165) is 82.3 Å². The van der Waals surface area contributed by atoms with Crippen LogP contribution in [0, 0.1) is 12.1 Å². The Morgan fingerprint density at radius 3 is 2.13 bits per heavy atom. The van der Waals surface area contributed by atoms with Gasteiger partial charge in [0.25, 0.3) is 0 Å². The van der Waals surface area contributed by atoms with Gasteiger partial charge in [-0.2, -0.15) is 24.3 Å². The van der Waals surface area contributed by atoms with Gasteiger partial charge in [0.05, 0.1) is 12.4 Å². The second-order valence-corrected chi connectivity index (χ2v) is 18.5. The van der Waals surface area contributed by atoms with Crippen molar-refractivity contribution in [1.82, 2.24) is 18.5 Å². The van der Waals surface area contributed by atoms with E-state index in [2.05, 4.69) is 164 Å². The Morgan fingerprint density at radius 2 is 1.27 bits per heavy atom. The molecule has 0 atom stereocenters. The molecular formula is C64H45N4OPt-3. The quantitative estimate of drug-likeness (QED) is 0.162. The number of nitrogens with zero attached hydrogens (tertiary/aromatic N) is 4. The van der Waals surface area contributed by atoms with E-state index in [4.69, 9.17) is 16.3 Å². The smallest absolute Gasteiger partial charge is 0.136 e. The minimum atomic E-state index is -0.432. The van der Waals surface area contributed by atoms with Crippen molar-refractivity contribution in [2.75, 3.05) is 0 Å². The van der Waals surface area contributed by atoms with Crippen LogP contribution in [-0.2, 0) is 26.5 Å². The maximum Gasteiger partial charge on any atom is 0.136 e. The molecule has 1 aliphatic rings. The van der Waals surface area contributed by atoms with Crippen LogP contribution in [0.4, 0.5) is 0 Å². The zero-order valence-electron chi connectivity index (χ0n) is 43.4. The number of benzene rings is 9. The molecule has 0 fully saturated rings. The molecule has 0 saturated heterocycles. The Morgan fingerprint density at radius 1 is 0.543 bits per heavy atom. The van der Waals surface area contributed by atoms with Crippen molar-refractivity contribution in [3.8, 4) is 33.6 Å². The summed E-state index contributed by atoms with van der Waals surface area (Å²) in [6.07, 6.45) is 2.16. The molecule has 10 bridgehead atoms. The second-order valence-electron chi connectivity index (χ2n) is 18.5. The average Bonchev–Trinajstić information content (AvgIpc) is 3.97. The van der Waals surface area contributed by atoms with E-state index in [1.165, 1.54) is 5.56 Å². The Bertz CT molecular complexity index is 4600. The fourth-order valence-electron chi connectivity index (χ4n) is 9.94. The van der Waals surface area contributed by atoms with E-state index >= 15 is 0 Å². The summed E-state index contributed by atoms with van der Waals surface area (Å²) in [5, 5.41) is 6.79. The van der Waals surface area contributed by atoms with Gasteiger partial charge >= 0.3 is 0 Å². The van der Waals surface area contributed by atoms with Gasteiger partial charge in [-0.05, 0) is 101 Å². The number of pyridine rings is 1. The third-order valence-corrected chi connectivity index (χ3v) is 13.3. The third kappa shape index (κ3) is 7.37. The molecule has 0 unspecified atom stereocenters. The molecular weight excluding hydrogens is 1040 g/mol. The van der Waals surface area contributed by atoms with Crippen LogP contribution in [0.5, 0.6) is 0 Å². The van der Waals surface area contributed by atoms with Crippen LogP contribution in [0.2, 0.25) is 0 Å². The average molecular weight is 1090 g/mol. The molecule has 3 aromatic heterocycles. The molecule has 0 aliphatic carbocycles. The largest absolute Gasteiger partial charge is 0.510 e. The zero-order valence-corrected chi connectivity index (χ0v) is 40.7. The van der Waals surface area contributed by atoms with Crippen molar-refractivity contribution in [3.05, 3.63) is 236 Å². The van der Waals surface area contributed by atoms with Crippen molar-refractivity contribution in [2.24, 2.45) is 0 Å². The number of rotatable bonds is 2. The summed E-state index contributed by atoms with van der Waals surface area (Å²) < 4.78 is 55.9. The minimum Gasteiger partial charge on any atom is -0.510 e. The van der Waals surface area contributed by atoms with Crippen molar-refractivity contribution in [1.29, 1.82) is 0 Å². The van der Waals surface area contributed by atoms with Gasteiger partial charge in [0.2, 0.25) is 0 Å². The second kappa shape index (κ2) is 17.1. The predicted molar refractivity (Wildman–Crippen MR) is 287 cm³/mol. The molecule has 0 N–H and O–H groups in total. The van der Waals surface area contributed by atoms with Crippen molar-refractivity contribution >= 4 is 82.1 Å². The molecule has 70 heavy (non-hydrogen) atoms. The molecule has 340 valence electrons. The maximum absolute atomic E-state index is 8.80. The Kier molecular flexibility index (Phi) is 9.26. The molecule has 6 heteroatoms. The van der Waals surface area contributed by atoms with E-state index in [9.17, 15) is 0 Å². The molecule has 0 radical (unpaired) electrons. The number of para-hydroxylation sites is 3. The Balaban J connectivity index is 0.00000569. The van der Waals surface area contributed by atoms with Gasteiger partial charge in [0.1, 0.15) is 5.65 Å². The van der Waals surface area contributed by atoms with Gasteiger partial charge < -0.3 is 18.0 Å². The summed E-state index contributed by atoms with van der Waals surface area (Å²) in [7, 11) is 0. The molecule has 0 saturated carbocycles. The Hall–Kier alpha value is -8.11. The van der Waals surface area contributed by atoms with Crippen molar-refractivity contribution in [2.45, 2.75) is 26.2 Å². The van der Waals surface area contributed by atoms with Crippen molar-refractivity contribution in [3.63, 3.8) is 0 Å². The molecule has 13 rings (SSSR count). The predicted octanol–water partition coefficient (Wildman–Crippen LogP) is 16.8. The standard InChI is InChI=1S/C64H45N4O.Pt/c1-64(2,3)47-21-12-19-45(37-47)52-26-14-27-55-53-25-8-7-24-51(53)44-18-11-20-46(36-44)57-28-15-31-62(65-57)68-58-35-32-43(42-16-5-4-6-17-42)38-56(58)54-34-33-50(40-61(54)68)69-49-23-13-22-48(39-49)66-41-67(63(52)55)60-30-10-9-29-59(60)66;/h4-38,41H,1-3H3;/q-3;/i4D,5D,6D,16D,17D;. The summed E-state index contributed by atoms with van der Waals surface area (Å²) in [4.78, 5) is 5.37. The summed E-state index contributed by atoms with van der Waals surface area (Å²) in [6.45, 7) is 6.76. The van der Waals surface area contributed by atoms with Gasteiger partial charge in [-0.25, -0.2) is 4.98 Å². The SMILES string of the molecule is [2H]c1c([2H])c([2H])c(-c2ccc3c(c2)c2ccc4[c-]c2n3c2cccc(n2)c2cccc(c2)c2ccccc2c2cccc(-c3cccc(C(C)(C)C)c3)c2n2[cH-]n(c3[c-]c(ccc3)o4)-c3ccccc3-2)c([2H])c1[2H].[Pt]. The first-order valence-corrected chi connectivity index (χ1v) is 23.1. The van der Waals surface area contributed by atoms with Gasteiger partial charge in [-0.1, -0.05) is 184 Å². The first-order chi connectivity index (χ1) is 35.9. The molecule has 0 amide bonds. The normalized spacial score (nSPS) is 12.8. The van der Waals surface area contributed by atoms with Crippen LogP contribution in [0.3, 0.4) is 0 Å². The summed E-state index contributed by atoms with van der Waals surface area (Å²) in [5.74, 6) is 0. The first-order valence-electron chi connectivity index (χ1n) is 25.6. The first kappa shape index (κ1) is 37.8. The summed E-state index contributed by atoms with van der Waals surface area (Å²) in [6, 6.07) is 68.0. The summed E-state index contributed by atoms with van der Waals surface area (Å²) >= 11 is 0. The topological polar surface area (TPSA) is 40.3 Å². The van der Waals surface area contributed by atoms with E-state index in [0.29, 0.717) is 27.9 Å². The van der Waals surface area contributed by atoms with Crippen LogP contribution in [0.25, 0.3) is 116 Å². The Labute approximate surface area is 426 Å². The monoisotopic (exact) mass is 1090 g/mol.